The van der Waals surface area contributed by atoms with E-state index < -0.39 is 11.7 Å². The van der Waals surface area contributed by atoms with Gasteiger partial charge in [-0.2, -0.15) is 13.2 Å². The van der Waals surface area contributed by atoms with E-state index in [0.717, 1.165) is 17.5 Å². The first kappa shape index (κ1) is 15.1. The van der Waals surface area contributed by atoms with Crippen LogP contribution in [0.5, 0.6) is 5.75 Å². The van der Waals surface area contributed by atoms with Crippen LogP contribution in [0.25, 0.3) is 16.6 Å². The molecule has 0 amide bonds. The summed E-state index contributed by atoms with van der Waals surface area (Å²) in [5.41, 5.74) is -0.0916. The van der Waals surface area contributed by atoms with Gasteiger partial charge in [0.05, 0.1) is 26.8 Å². The number of fused-ring (bicyclic) bond motifs is 1. The molecule has 0 aliphatic heterocycles. The van der Waals surface area contributed by atoms with Crippen molar-refractivity contribution in [2.24, 2.45) is 0 Å². The highest BCUT2D eigenvalue weighted by Gasteiger charge is 2.32. The summed E-state index contributed by atoms with van der Waals surface area (Å²) in [6.07, 6.45) is -2.90. The van der Waals surface area contributed by atoms with E-state index in [1.165, 1.54) is 12.1 Å². The number of aromatic hydroxyl groups is 1. The van der Waals surface area contributed by atoms with Crippen LogP contribution in [-0.2, 0) is 6.18 Å². The molecule has 0 spiro atoms. The predicted octanol–water partition coefficient (Wildman–Crippen LogP) is 5.66. The first-order valence-corrected chi connectivity index (χ1v) is 6.89. The number of benzene rings is 2. The van der Waals surface area contributed by atoms with Crippen LogP contribution in [0, 0.1) is 0 Å². The molecule has 0 aliphatic carbocycles. The van der Waals surface area contributed by atoms with Gasteiger partial charge in [-0.1, -0.05) is 23.2 Å². The number of alkyl halides is 3. The average molecular weight is 346 g/mol. The Labute approximate surface area is 133 Å². The number of hydrogen-bond donors (Lipinski definition) is 1. The fourth-order valence-electron chi connectivity index (χ4n) is 2.27. The molecule has 0 bridgehead atoms. The van der Waals surface area contributed by atoms with Crippen LogP contribution < -0.4 is 0 Å². The topological polar surface area (TPSA) is 25.2 Å². The number of aromatic nitrogens is 1. The monoisotopic (exact) mass is 345 g/mol. The van der Waals surface area contributed by atoms with Crippen LogP contribution in [0.4, 0.5) is 13.2 Å². The van der Waals surface area contributed by atoms with Crippen LogP contribution >= 0.6 is 23.2 Å². The van der Waals surface area contributed by atoms with E-state index in [2.05, 4.69) is 0 Å². The van der Waals surface area contributed by atoms with Crippen molar-refractivity contribution in [1.82, 2.24) is 4.57 Å². The predicted molar refractivity (Wildman–Crippen MR) is 80.0 cm³/mol. The number of rotatable bonds is 1. The molecule has 2 aromatic carbocycles. The minimum absolute atomic E-state index is 0.0339. The van der Waals surface area contributed by atoms with E-state index >= 15 is 0 Å². The molecule has 3 aromatic rings. The van der Waals surface area contributed by atoms with Gasteiger partial charge in [0.25, 0.3) is 0 Å². The Balaban J connectivity index is 2.25. The Morgan fingerprint density at radius 1 is 0.955 bits per heavy atom. The summed E-state index contributed by atoms with van der Waals surface area (Å²) in [4.78, 5) is 0. The highest BCUT2D eigenvalue weighted by Crippen LogP contribution is 2.38. The molecule has 7 heteroatoms. The molecule has 114 valence electrons. The van der Waals surface area contributed by atoms with Crippen molar-refractivity contribution in [3.63, 3.8) is 0 Å². The van der Waals surface area contributed by atoms with Gasteiger partial charge in [0, 0.05) is 17.6 Å². The Morgan fingerprint density at radius 2 is 1.59 bits per heavy atom. The molecule has 2 nitrogen and oxygen atoms in total. The lowest BCUT2D eigenvalue weighted by Crippen LogP contribution is -2.06. The SMILES string of the molecule is Oc1ccc2ccn(-c3c(Cl)cc(C(F)(F)F)cc3Cl)c2c1. The molecule has 0 unspecified atom stereocenters. The molecule has 3 rings (SSSR count). The van der Waals surface area contributed by atoms with Gasteiger partial charge in [-0.15, -0.1) is 0 Å². The number of halogens is 5. The molecule has 0 saturated heterocycles. The molecule has 1 heterocycles. The smallest absolute Gasteiger partial charge is 0.416 e. The second-order valence-corrected chi connectivity index (χ2v) is 5.53. The molecule has 1 N–H and O–H groups in total. The van der Waals surface area contributed by atoms with E-state index in [0.29, 0.717) is 5.52 Å². The second kappa shape index (κ2) is 5.11. The van der Waals surface area contributed by atoms with Crippen molar-refractivity contribution in [2.45, 2.75) is 6.18 Å². The largest absolute Gasteiger partial charge is 0.508 e. The first-order chi connectivity index (χ1) is 10.3. The maximum Gasteiger partial charge on any atom is 0.416 e. The summed E-state index contributed by atoms with van der Waals surface area (Å²) in [6, 6.07) is 8.10. The van der Waals surface area contributed by atoms with Crippen LogP contribution in [-0.4, -0.2) is 9.67 Å². The number of phenolic OH excluding ortho intramolecular Hbond substituents is 1. The third-order valence-corrected chi connectivity index (χ3v) is 3.84. The zero-order valence-electron chi connectivity index (χ0n) is 10.8. The number of hydrogen-bond acceptors (Lipinski definition) is 1. The van der Waals surface area contributed by atoms with Gasteiger partial charge in [-0.3, -0.25) is 0 Å². The van der Waals surface area contributed by atoms with Gasteiger partial charge < -0.3 is 9.67 Å². The third-order valence-electron chi connectivity index (χ3n) is 3.26. The minimum Gasteiger partial charge on any atom is -0.508 e. The highest BCUT2D eigenvalue weighted by molar-refractivity contribution is 6.38. The van der Waals surface area contributed by atoms with Gasteiger partial charge >= 0.3 is 6.18 Å². The second-order valence-electron chi connectivity index (χ2n) is 4.72. The van der Waals surface area contributed by atoms with E-state index in [-0.39, 0.29) is 21.5 Å². The summed E-state index contributed by atoms with van der Waals surface area (Å²) in [5, 5.41) is 10.1. The quantitative estimate of drug-likeness (QED) is 0.604. The van der Waals surface area contributed by atoms with Crippen molar-refractivity contribution < 1.29 is 18.3 Å². The fraction of sp³-hybridized carbons (Fsp3) is 0.0667. The summed E-state index contributed by atoms with van der Waals surface area (Å²) < 4.78 is 39.9. The molecule has 22 heavy (non-hydrogen) atoms. The maximum absolute atomic E-state index is 12.8. The molecule has 0 radical (unpaired) electrons. The molecule has 0 saturated carbocycles. The van der Waals surface area contributed by atoms with Gasteiger partial charge in [-0.25, -0.2) is 0 Å². The van der Waals surface area contributed by atoms with Crippen LogP contribution in [0.15, 0.2) is 42.6 Å². The molecular formula is C15H8Cl2F3NO. The number of nitrogens with zero attached hydrogens (tertiary/aromatic N) is 1. The Bertz CT molecular complexity index is 848. The summed E-state index contributed by atoms with van der Waals surface area (Å²) in [6.45, 7) is 0. The van der Waals surface area contributed by atoms with E-state index in [4.69, 9.17) is 23.2 Å². The van der Waals surface area contributed by atoms with Crippen molar-refractivity contribution in [3.8, 4) is 11.4 Å². The Hall–Kier alpha value is -1.85. The van der Waals surface area contributed by atoms with Crippen LogP contribution in [0.3, 0.4) is 0 Å². The fourth-order valence-corrected chi connectivity index (χ4v) is 2.94. The lowest BCUT2D eigenvalue weighted by atomic mass is 10.2. The Morgan fingerprint density at radius 3 is 2.18 bits per heavy atom. The Kier molecular flexibility index (Phi) is 3.50. The van der Waals surface area contributed by atoms with Crippen molar-refractivity contribution in [1.29, 1.82) is 0 Å². The lowest BCUT2D eigenvalue weighted by molar-refractivity contribution is -0.137. The summed E-state index contributed by atoms with van der Waals surface area (Å²) in [7, 11) is 0. The molecule has 0 aliphatic rings. The normalized spacial score (nSPS) is 12.0. The number of phenols is 1. The highest BCUT2D eigenvalue weighted by atomic mass is 35.5. The van der Waals surface area contributed by atoms with Gasteiger partial charge in [0.2, 0.25) is 0 Å². The van der Waals surface area contributed by atoms with Crippen molar-refractivity contribution in [3.05, 3.63) is 58.2 Å². The molecule has 1 aromatic heterocycles. The molecule has 0 atom stereocenters. The van der Waals surface area contributed by atoms with Gasteiger partial charge in [0.1, 0.15) is 5.75 Å². The van der Waals surface area contributed by atoms with E-state index in [9.17, 15) is 18.3 Å². The lowest BCUT2D eigenvalue weighted by Gasteiger charge is -2.14. The van der Waals surface area contributed by atoms with E-state index in [1.807, 2.05) is 0 Å². The van der Waals surface area contributed by atoms with E-state index in [1.54, 1.807) is 22.9 Å². The molecular weight excluding hydrogens is 338 g/mol. The van der Waals surface area contributed by atoms with Crippen LogP contribution in [0.1, 0.15) is 5.56 Å². The standard InChI is InChI=1S/C15H8Cl2F3NO/c16-11-5-9(15(18,19)20)6-12(17)14(11)21-4-3-8-1-2-10(22)7-13(8)21/h1-7,22H. The maximum atomic E-state index is 12.8. The van der Waals surface area contributed by atoms with Gasteiger partial charge in [-0.05, 0) is 30.3 Å². The zero-order valence-corrected chi connectivity index (χ0v) is 12.3. The summed E-state index contributed by atoms with van der Waals surface area (Å²) in [5.74, 6) is 0.0339. The first-order valence-electron chi connectivity index (χ1n) is 6.14. The zero-order chi connectivity index (χ0) is 16.1. The third kappa shape index (κ3) is 2.51. The summed E-state index contributed by atoms with van der Waals surface area (Å²) >= 11 is 12.0. The van der Waals surface area contributed by atoms with Crippen molar-refractivity contribution >= 4 is 34.1 Å². The van der Waals surface area contributed by atoms with Crippen molar-refractivity contribution in [2.75, 3.05) is 0 Å². The molecule has 0 fully saturated rings. The average Bonchev–Trinajstić information content (AvgIpc) is 2.80. The van der Waals surface area contributed by atoms with Gasteiger partial charge in [0.15, 0.2) is 0 Å². The minimum atomic E-state index is -4.52. The van der Waals surface area contributed by atoms with Crippen LogP contribution in [0.2, 0.25) is 10.0 Å².